The molecule has 3 rings (SSSR count). The van der Waals surface area contributed by atoms with Crippen LogP contribution in [0.5, 0.6) is 0 Å². The SMILES string of the molecule is Cc1ccc(C)c(SCC(=O)N2CCCC(CNC(=O)C3CCCN3)C2)c1. The van der Waals surface area contributed by atoms with Crippen molar-refractivity contribution < 1.29 is 9.59 Å². The van der Waals surface area contributed by atoms with Crippen molar-refractivity contribution in [1.82, 2.24) is 15.5 Å². The topological polar surface area (TPSA) is 61.4 Å². The molecule has 2 atom stereocenters. The molecule has 2 amide bonds. The molecule has 0 bridgehead atoms. The molecule has 2 fully saturated rings. The number of likely N-dealkylation sites (tertiary alicyclic amines) is 1. The monoisotopic (exact) mass is 389 g/mol. The first kappa shape index (κ1) is 20.2. The van der Waals surface area contributed by atoms with Crippen molar-refractivity contribution in [1.29, 1.82) is 0 Å². The van der Waals surface area contributed by atoms with Gasteiger partial charge in [0.25, 0.3) is 0 Å². The minimum absolute atomic E-state index is 0.0275. The van der Waals surface area contributed by atoms with E-state index in [1.165, 1.54) is 16.0 Å². The van der Waals surface area contributed by atoms with Crippen molar-refractivity contribution in [3.05, 3.63) is 29.3 Å². The third-order valence-corrected chi connectivity index (χ3v) is 6.65. The second-order valence-electron chi connectivity index (χ2n) is 7.80. The molecule has 2 aliphatic rings. The van der Waals surface area contributed by atoms with E-state index in [9.17, 15) is 9.59 Å². The van der Waals surface area contributed by atoms with Crippen molar-refractivity contribution in [2.45, 2.75) is 50.5 Å². The third-order valence-electron chi connectivity index (χ3n) is 5.51. The second-order valence-corrected chi connectivity index (χ2v) is 8.82. The summed E-state index contributed by atoms with van der Waals surface area (Å²) in [4.78, 5) is 28.0. The number of nitrogens with zero attached hydrogens (tertiary/aromatic N) is 1. The number of aryl methyl sites for hydroxylation is 2. The molecule has 2 heterocycles. The summed E-state index contributed by atoms with van der Waals surface area (Å²) in [5, 5.41) is 6.31. The zero-order chi connectivity index (χ0) is 19.2. The Morgan fingerprint density at radius 2 is 2.11 bits per heavy atom. The Morgan fingerprint density at radius 1 is 1.26 bits per heavy atom. The largest absolute Gasteiger partial charge is 0.354 e. The molecule has 0 spiro atoms. The highest BCUT2D eigenvalue weighted by molar-refractivity contribution is 8.00. The van der Waals surface area contributed by atoms with Gasteiger partial charge < -0.3 is 15.5 Å². The van der Waals surface area contributed by atoms with Crippen molar-refractivity contribution in [3.8, 4) is 0 Å². The van der Waals surface area contributed by atoms with Gasteiger partial charge in [0.2, 0.25) is 11.8 Å². The summed E-state index contributed by atoms with van der Waals surface area (Å²) in [5.41, 5.74) is 2.44. The molecule has 2 N–H and O–H groups in total. The van der Waals surface area contributed by atoms with Crippen molar-refractivity contribution in [2.24, 2.45) is 5.92 Å². The van der Waals surface area contributed by atoms with Gasteiger partial charge in [0, 0.05) is 24.5 Å². The van der Waals surface area contributed by atoms with Gasteiger partial charge in [0.1, 0.15) is 0 Å². The number of hydrogen-bond donors (Lipinski definition) is 2. The summed E-state index contributed by atoms with van der Waals surface area (Å²) in [7, 11) is 0. The Hall–Kier alpha value is -1.53. The van der Waals surface area contributed by atoms with Crippen LogP contribution in [-0.4, -0.2) is 54.7 Å². The maximum Gasteiger partial charge on any atom is 0.237 e. The van der Waals surface area contributed by atoms with Crippen LogP contribution in [0.2, 0.25) is 0 Å². The van der Waals surface area contributed by atoms with E-state index < -0.39 is 0 Å². The van der Waals surface area contributed by atoms with Gasteiger partial charge in [0.05, 0.1) is 11.8 Å². The summed E-state index contributed by atoms with van der Waals surface area (Å²) in [6, 6.07) is 6.34. The van der Waals surface area contributed by atoms with Gasteiger partial charge in [-0.2, -0.15) is 0 Å². The fraction of sp³-hybridized carbons (Fsp3) is 0.619. The van der Waals surface area contributed by atoms with E-state index >= 15 is 0 Å². The van der Waals surface area contributed by atoms with Crippen LogP contribution >= 0.6 is 11.8 Å². The van der Waals surface area contributed by atoms with Gasteiger partial charge in [-0.1, -0.05) is 17.7 Å². The average molecular weight is 390 g/mol. The molecule has 0 aromatic heterocycles. The Bertz CT molecular complexity index is 673. The number of amides is 2. The van der Waals surface area contributed by atoms with Gasteiger partial charge in [0.15, 0.2) is 0 Å². The van der Waals surface area contributed by atoms with Crippen molar-refractivity contribution >= 4 is 23.6 Å². The van der Waals surface area contributed by atoms with Crippen molar-refractivity contribution in [3.63, 3.8) is 0 Å². The highest BCUT2D eigenvalue weighted by Crippen LogP contribution is 2.25. The van der Waals surface area contributed by atoms with E-state index in [1.807, 2.05) is 4.90 Å². The molecule has 6 heteroatoms. The smallest absolute Gasteiger partial charge is 0.237 e. The number of benzene rings is 1. The first-order chi connectivity index (χ1) is 13.0. The first-order valence-corrected chi connectivity index (χ1v) is 11.0. The number of carbonyl (C=O) groups is 2. The quantitative estimate of drug-likeness (QED) is 0.734. The number of carbonyl (C=O) groups excluding carboxylic acids is 2. The van der Waals surface area contributed by atoms with Crippen LogP contribution < -0.4 is 10.6 Å². The molecule has 0 saturated carbocycles. The maximum absolute atomic E-state index is 12.7. The summed E-state index contributed by atoms with van der Waals surface area (Å²) >= 11 is 1.63. The lowest BCUT2D eigenvalue weighted by Gasteiger charge is -2.33. The summed E-state index contributed by atoms with van der Waals surface area (Å²) in [6.07, 6.45) is 4.09. The normalized spacial score (nSPS) is 22.7. The fourth-order valence-corrected chi connectivity index (χ4v) is 4.85. The molecule has 27 heavy (non-hydrogen) atoms. The van der Waals surface area contributed by atoms with Crippen molar-refractivity contribution in [2.75, 3.05) is 31.9 Å². The molecule has 148 valence electrons. The zero-order valence-electron chi connectivity index (χ0n) is 16.4. The van der Waals surface area contributed by atoms with E-state index in [0.717, 1.165) is 45.3 Å². The van der Waals surface area contributed by atoms with E-state index in [1.54, 1.807) is 11.8 Å². The lowest BCUT2D eigenvalue weighted by atomic mass is 9.98. The molecule has 1 aromatic carbocycles. The highest BCUT2D eigenvalue weighted by atomic mass is 32.2. The van der Waals surface area contributed by atoms with E-state index in [2.05, 4.69) is 42.7 Å². The number of hydrogen-bond acceptors (Lipinski definition) is 4. The zero-order valence-corrected chi connectivity index (χ0v) is 17.2. The van der Waals surface area contributed by atoms with Crippen LogP contribution in [0.3, 0.4) is 0 Å². The summed E-state index contributed by atoms with van der Waals surface area (Å²) in [5.74, 6) is 1.16. The number of rotatable bonds is 6. The van der Waals surface area contributed by atoms with Gasteiger partial charge >= 0.3 is 0 Å². The Morgan fingerprint density at radius 3 is 2.89 bits per heavy atom. The van der Waals surface area contributed by atoms with Crippen LogP contribution in [0, 0.1) is 19.8 Å². The molecule has 2 saturated heterocycles. The van der Waals surface area contributed by atoms with E-state index in [-0.39, 0.29) is 17.9 Å². The molecular weight excluding hydrogens is 358 g/mol. The van der Waals surface area contributed by atoms with Crippen LogP contribution in [0.4, 0.5) is 0 Å². The third kappa shape index (κ3) is 5.72. The first-order valence-electron chi connectivity index (χ1n) is 10.0. The molecule has 0 radical (unpaired) electrons. The second kappa shape index (κ2) is 9.60. The minimum Gasteiger partial charge on any atom is -0.354 e. The Balaban J connectivity index is 1.44. The number of thioether (sulfide) groups is 1. The van der Waals surface area contributed by atoms with Gasteiger partial charge in [-0.3, -0.25) is 9.59 Å². The van der Waals surface area contributed by atoms with Crippen LogP contribution in [-0.2, 0) is 9.59 Å². The standard InChI is InChI=1S/C21H31N3O2S/c1-15-7-8-16(2)19(11-15)27-14-20(25)24-10-4-5-17(13-24)12-23-21(26)18-6-3-9-22-18/h7-8,11,17-18,22H,3-6,9-10,12-14H2,1-2H3,(H,23,26). The van der Waals surface area contributed by atoms with Gasteiger partial charge in [-0.25, -0.2) is 0 Å². The number of nitrogens with one attached hydrogen (secondary N) is 2. The average Bonchev–Trinajstić information content (AvgIpc) is 3.21. The molecule has 5 nitrogen and oxygen atoms in total. The molecule has 2 aliphatic heterocycles. The van der Waals surface area contributed by atoms with Crippen LogP contribution in [0.25, 0.3) is 0 Å². The minimum atomic E-state index is -0.0275. The maximum atomic E-state index is 12.7. The summed E-state index contributed by atoms with van der Waals surface area (Å²) < 4.78 is 0. The predicted octanol–water partition coefficient (Wildman–Crippen LogP) is 2.50. The fourth-order valence-electron chi connectivity index (χ4n) is 3.83. The number of piperidine rings is 1. The molecule has 0 aliphatic carbocycles. The molecule has 2 unspecified atom stereocenters. The van der Waals surface area contributed by atoms with E-state index in [4.69, 9.17) is 0 Å². The van der Waals surface area contributed by atoms with Gasteiger partial charge in [-0.15, -0.1) is 11.8 Å². The molecular formula is C21H31N3O2S. The summed E-state index contributed by atoms with van der Waals surface area (Å²) in [6.45, 7) is 7.36. The Labute approximate surface area is 166 Å². The Kier molecular flexibility index (Phi) is 7.19. The predicted molar refractivity (Wildman–Crippen MR) is 110 cm³/mol. The highest BCUT2D eigenvalue weighted by Gasteiger charge is 2.26. The van der Waals surface area contributed by atoms with Crippen LogP contribution in [0.15, 0.2) is 23.1 Å². The lowest BCUT2D eigenvalue weighted by Crippen LogP contribution is -2.47. The van der Waals surface area contributed by atoms with Crippen LogP contribution in [0.1, 0.15) is 36.8 Å². The van der Waals surface area contributed by atoms with Gasteiger partial charge in [-0.05, 0) is 63.6 Å². The molecule has 1 aromatic rings. The lowest BCUT2D eigenvalue weighted by molar-refractivity contribution is -0.130. The van der Waals surface area contributed by atoms with E-state index in [0.29, 0.717) is 18.2 Å².